The summed E-state index contributed by atoms with van der Waals surface area (Å²) < 4.78 is 18.5. The maximum atomic E-state index is 13.2. The zero-order valence-corrected chi connectivity index (χ0v) is 11.5. The van der Waals surface area contributed by atoms with E-state index in [2.05, 4.69) is 5.32 Å². The second-order valence-electron chi connectivity index (χ2n) is 4.58. The highest BCUT2D eigenvalue weighted by Crippen LogP contribution is 2.31. The Morgan fingerprint density at radius 3 is 2.86 bits per heavy atom. The van der Waals surface area contributed by atoms with E-state index < -0.39 is 28.5 Å². The van der Waals surface area contributed by atoms with Crippen molar-refractivity contribution >= 4 is 28.9 Å². The number of nitro groups is 1. The molecule has 7 nitrogen and oxygen atoms in total. The van der Waals surface area contributed by atoms with Crippen LogP contribution in [0.15, 0.2) is 12.1 Å². The van der Waals surface area contributed by atoms with Crippen LogP contribution in [0, 0.1) is 15.9 Å². The van der Waals surface area contributed by atoms with Gasteiger partial charge in [0.2, 0.25) is 0 Å². The fourth-order valence-electron chi connectivity index (χ4n) is 2.09. The molecule has 1 aromatic rings. The van der Waals surface area contributed by atoms with Gasteiger partial charge in [0, 0.05) is 6.54 Å². The fourth-order valence-corrected chi connectivity index (χ4v) is 2.25. The number of nitrogens with zero attached hydrogens (tertiary/aromatic N) is 1. The number of carboxylic acids is 1. The van der Waals surface area contributed by atoms with E-state index in [9.17, 15) is 19.3 Å². The number of rotatable bonds is 5. The van der Waals surface area contributed by atoms with Crippen LogP contribution in [0.1, 0.15) is 12.8 Å². The van der Waals surface area contributed by atoms with Gasteiger partial charge in [-0.3, -0.25) is 10.1 Å². The van der Waals surface area contributed by atoms with Crippen molar-refractivity contribution in [3.05, 3.63) is 33.1 Å². The number of carbonyl (C=O) groups is 1. The molecule has 0 saturated carbocycles. The molecule has 1 aromatic carbocycles. The molecule has 0 radical (unpaired) electrons. The lowest BCUT2D eigenvalue weighted by Crippen LogP contribution is -2.24. The van der Waals surface area contributed by atoms with Gasteiger partial charge in [0.25, 0.3) is 5.69 Å². The number of nitrogens with one attached hydrogen (secondary N) is 1. The van der Waals surface area contributed by atoms with Crippen molar-refractivity contribution in [3.63, 3.8) is 0 Å². The number of halogens is 2. The van der Waals surface area contributed by atoms with Gasteiger partial charge in [-0.1, -0.05) is 11.6 Å². The maximum Gasteiger partial charge on any atom is 0.332 e. The fraction of sp³-hybridized carbons (Fsp3) is 0.417. The highest BCUT2D eigenvalue weighted by atomic mass is 35.5. The van der Waals surface area contributed by atoms with Crippen molar-refractivity contribution in [1.29, 1.82) is 0 Å². The van der Waals surface area contributed by atoms with Gasteiger partial charge in [-0.2, -0.15) is 0 Å². The van der Waals surface area contributed by atoms with Crippen LogP contribution in [-0.4, -0.2) is 34.8 Å². The molecule has 2 atom stereocenters. The second kappa shape index (κ2) is 6.23. The Morgan fingerprint density at radius 1 is 1.57 bits per heavy atom. The molecule has 114 valence electrons. The molecule has 9 heteroatoms. The number of anilines is 1. The number of ether oxygens (including phenoxy) is 1. The molecular formula is C12H12ClFN2O5. The lowest BCUT2D eigenvalue weighted by Gasteiger charge is -2.13. The van der Waals surface area contributed by atoms with E-state index in [1.54, 1.807) is 0 Å². The Bertz CT molecular complexity index is 583. The minimum atomic E-state index is -1.03. The number of benzene rings is 1. The van der Waals surface area contributed by atoms with E-state index in [1.807, 2.05) is 0 Å². The number of hydrogen-bond donors (Lipinski definition) is 2. The van der Waals surface area contributed by atoms with Crippen LogP contribution in [0.3, 0.4) is 0 Å². The first-order chi connectivity index (χ1) is 9.88. The van der Waals surface area contributed by atoms with Crippen LogP contribution in [0.2, 0.25) is 5.02 Å². The average molecular weight is 319 g/mol. The molecule has 1 saturated heterocycles. The van der Waals surface area contributed by atoms with Crippen molar-refractivity contribution < 1.29 is 24.0 Å². The summed E-state index contributed by atoms with van der Waals surface area (Å²) in [5.41, 5.74) is -0.376. The molecule has 1 fully saturated rings. The van der Waals surface area contributed by atoms with Crippen LogP contribution in [0.4, 0.5) is 15.8 Å². The summed E-state index contributed by atoms with van der Waals surface area (Å²) in [4.78, 5) is 20.9. The molecule has 0 aliphatic carbocycles. The van der Waals surface area contributed by atoms with E-state index >= 15 is 0 Å². The van der Waals surface area contributed by atoms with Gasteiger partial charge in [-0.25, -0.2) is 9.18 Å². The zero-order chi connectivity index (χ0) is 15.6. The summed E-state index contributed by atoms with van der Waals surface area (Å²) in [6, 6.07) is 1.86. The van der Waals surface area contributed by atoms with Crippen molar-refractivity contribution in [2.45, 2.75) is 25.0 Å². The standard InChI is InChI=1S/C12H12ClFN2O5/c13-7-3-9(10(16(19)20)4-8(7)14)15-5-6-1-2-11(21-6)12(17)18/h3-4,6,11,15H,1-2,5H2,(H,17,18). The van der Waals surface area contributed by atoms with Crippen molar-refractivity contribution in [2.75, 3.05) is 11.9 Å². The summed E-state index contributed by atoms with van der Waals surface area (Å²) in [5.74, 6) is -1.91. The first-order valence-corrected chi connectivity index (χ1v) is 6.52. The third-order valence-corrected chi connectivity index (χ3v) is 3.43. The number of nitro benzene ring substituents is 1. The summed E-state index contributed by atoms with van der Waals surface area (Å²) in [6.45, 7) is 0.173. The minimum absolute atomic E-state index is 0.0637. The van der Waals surface area contributed by atoms with Gasteiger partial charge in [0.1, 0.15) is 11.5 Å². The third kappa shape index (κ3) is 3.59. The van der Waals surface area contributed by atoms with E-state index in [0.29, 0.717) is 12.8 Å². The lowest BCUT2D eigenvalue weighted by atomic mass is 10.2. The Kier molecular flexibility index (Phi) is 4.59. The molecule has 2 rings (SSSR count). The van der Waals surface area contributed by atoms with Gasteiger partial charge in [-0.05, 0) is 18.9 Å². The minimum Gasteiger partial charge on any atom is -0.479 e. The maximum absolute atomic E-state index is 13.2. The Hall–Kier alpha value is -1.93. The number of aliphatic carboxylic acids is 1. The van der Waals surface area contributed by atoms with Gasteiger partial charge in [-0.15, -0.1) is 0 Å². The number of carboxylic acid groups (broad SMARTS) is 1. The first-order valence-electron chi connectivity index (χ1n) is 6.14. The molecule has 1 aliphatic rings. The molecule has 2 unspecified atom stereocenters. The summed E-state index contributed by atoms with van der Waals surface area (Å²) in [7, 11) is 0. The molecule has 0 amide bonds. The smallest absolute Gasteiger partial charge is 0.332 e. The van der Waals surface area contributed by atoms with Gasteiger partial charge in [0.15, 0.2) is 6.10 Å². The molecule has 1 heterocycles. The molecule has 1 aliphatic heterocycles. The normalized spacial score (nSPS) is 21.2. The average Bonchev–Trinajstić information content (AvgIpc) is 2.88. The van der Waals surface area contributed by atoms with Crippen LogP contribution < -0.4 is 5.32 Å². The van der Waals surface area contributed by atoms with Crippen LogP contribution in [-0.2, 0) is 9.53 Å². The molecule has 21 heavy (non-hydrogen) atoms. The summed E-state index contributed by atoms with van der Waals surface area (Å²) >= 11 is 5.60. The Labute approximate surface area is 123 Å². The van der Waals surface area contributed by atoms with Crippen molar-refractivity contribution in [3.8, 4) is 0 Å². The third-order valence-electron chi connectivity index (χ3n) is 3.14. The second-order valence-corrected chi connectivity index (χ2v) is 4.99. The summed E-state index contributed by atoms with van der Waals surface area (Å²) in [6.07, 6.45) is -0.334. The lowest BCUT2D eigenvalue weighted by molar-refractivity contribution is -0.384. The molecule has 0 bridgehead atoms. The van der Waals surface area contributed by atoms with E-state index in [0.717, 1.165) is 12.1 Å². The van der Waals surface area contributed by atoms with Gasteiger partial charge in [0.05, 0.1) is 22.1 Å². The van der Waals surface area contributed by atoms with Crippen LogP contribution in [0.5, 0.6) is 0 Å². The van der Waals surface area contributed by atoms with E-state index in [1.165, 1.54) is 0 Å². The molecule has 2 N–H and O–H groups in total. The quantitative estimate of drug-likeness (QED) is 0.638. The molecular weight excluding hydrogens is 307 g/mol. The molecule has 0 spiro atoms. The molecule has 0 aromatic heterocycles. The first kappa shape index (κ1) is 15.5. The predicted octanol–water partition coefficient (Wildman–Crippen LogP) is 2.43. The topological polar surface area (TPSA) is 102 Å². The van der Waals surface area contributed by atoms with E-state index in [4.69, 9.17) is 21.4 Å². The SMILES string of the molecule is O=C(O)C1CCC(CNc2cc(Cl)c(F)cc2[N+](=O)[O-])O1. The van der Waals surface area contributed by atoms with Crippen LogP contribution in [0.25, 0.3) is 0 Å². The highest BCUT2D eigenvalue weighted by Gasteiger charge is 2.30. The Morgan fingerprint density at radius 2 is 2.29 bits per heavy atom. The Balaban J connectivity index is 2.05. The zero-order valence-electron chi connectivity index (χ0n) is 10.7. The van der Waals surface area contributed by atoms with E-state index in [-0.39, 0.29) is 23.4 Å². The number of hydrogen-bond acceptors (Lipinski definition) is 5. The van der Waals surface area contributed by atoms with Gasteiger partial charge >= 0.3 is 5.97 Å². The highest BCUT2D eigenvalue weighted by molar-refractivity contribution is 6.31. The van der Waals surface area contributed by atoms with Crippen molar-refractivity contribution in [2.24, 2.45) is 0 Å². The summed E-state index contributed by atoms with van der Waals surface area (Å²) in [5, 5.41) is 22.2. The van der Waals surface area contributed by atoms with Crippen LogP contribution >= 0.6 is 11.6 Å². The largest absolute Gasteiger partial charge is 0.479 e. The predicted molar refractivity (Wildman–Crippen MR) is 72.1 cm³/mol. The monoisotopic (exact) mass is 318 g/mol. The van der Waals surface area contributed by atoms with Gasteiger partial charge < -0.3 is 15.2 Å². The van der Waals surface area contributed by atoms with Crippen molar-refractivity contribution in [1.82, 2.24) is 0 Å².